The fourth-order valence-electron chi connectivity index (χ4n) is 1.70. The summed E-state index contributed by atoms with van der Waals surface area (Å²) in [6, 6.07) is 10.3. The third-order valence-electron chi connectivity index (χ3n) is 2.71. The molecule has 0 saturated heterocycles. The summed E-state index contributed by atoms with van der Waals surface area (Å²) < 4.78 is 25.8. The van der Waals surface area contributed by atoms with Crippen LogP contribution in [0.2, 0.25) is 0 Å². The molecule has 0 spiro atoms. The molecule has 0 fully saturated rings. The monoisotopic (exact) mass is 264 g/mol. The molecule has 4 nitrogen and oxygen atoms in total. The molecule has 0 amide bonds. The lowest BCUT2D eigenvalue weighted by Crippen LogP contribution is -2.12. The second-order valence-corrected chi connectivity index (χ2v) is 5.86. The third-order valence-corrected chi connectivity index (χ3v) is 4.36. The van der Waals surface area contributed by atoms with E-state index in [1.807, 2.05) is 13.1 Å². The molecule has 1 aromatic heterocycles. The van der Waals surface area contributed by atoms with Gasteiger partial charge in [0.2, 0.25) is 0 Å². The predicted octanol–water partition coefficient (Wildman–Crippen LogP) is 1.49. The fourth-order valence-corrected chi connectivity index (χ4v) is 2.94. The Balaban J connectivity index is 2.28. The van der Waals surface area contributed by atoms with Crippen LogP contribution in [-0.4, -0.2) is 26.0 Å². The van der Waals surface area contributed by atoms with E-state index in [1.54, 1.807) is 42.7 Å². The van der Waals surface area contributed by atoms with Crippen molar-refractivity contribution >= 4 is 10.0 Å². The van der Waals surface area contributed by atoms with Crippen molar-refractivity contribution in [1.29, 1.82) is 0 Å². The van der Waals surface area contributed by atoms with Crippen molar-refractivity contribution in [3.05, 3.63) is 54.4 Å². The van der Waals surface area contributed by atoms with Crippen LogP contribution in [0.4, 0.5) is 0 Å². The molecule has 0 saturated carbocycles. The molecule has 1 N–H and O–H groups in total. The summed E-state index contributed by atoms with van der Waals surface area (Å²) in [5.74, 6) is 0. The highest BCUT2D eigenvalue weighted by Crippen LogP contribution is 2.14. The molecule has 18 heavy (non-hydrogen) atoms. The van der Waals surface area contributed by atoms with Gasteiger partial charge in [0.05, 0.1) is 4.90 Å². The van der Waals surface area contributed by atoms with Crippen molar-refractivity contribution in [2.45, 2.75) is 11.3 Å². The average Bonchev–Trinajstić information content (AvgIpc) is 2.87. The van der Waals surface area contributed by atoms with Gasteiger partial charge < -0.3 is 5.32 Å². The number of hydrogen-bond acceptors (Lipinski definition) is 3. The van der Waals surface area contributed by atoms with E-state index in [2.05, 4.69) is 5.32 Å². The molecule has 5 heteroatoms. The maximum atomic E-state index is 12.3. The first kappa shape index (κ1) is 12.9. The lowest BCUT2D eigenvalue weighted by molar-refractivity contribution is 0.587. The molecule has 0 aliphatic carbocycles. The summed E-state index contributed by atoms with van der Waals surface area (Å²) in [4.78, 5) is 0.306. The standard InChI is InChI=1S/C13H16N2O2S/c1-14-9-7-12-8-10-15(11-12)18(16,17)13-5-3-2-4-6-13/h2-6,8,10-11,14H,7,9H2,1H3. The Morgan fingerprint density at radius 1 is 1.17 bits per heavy atom. The van der Waals surface area contributed by atoms with Gasteiger partial charge in [-0.1, -0.05) is 18.2 Å². The van der Waals surface area contributed by atoms with Gasteiger partial charge in [0, 0.05) is 12.4 Å². The second kappa shape index (κ2) is 5.37. The molecule has 0 atom stereocenters. The highest BCUT2D eigenvalue weighted by Gasteiger charge is 2.15. The summed E-state index contributed by atoms with van der Waals surface area (Å²) in [7, 11) is -1.57. The lowest BCUT2D eigenvalue weighted by Gasteiger charge is -2.04. The number of aromatic nitrogens is 1. The van der Waals surface area contributed by atoms with E-state index < -0.39 is 10.0 Å². The van der Waals surface area contributed by atoms with Crippen LogP contribution >= 0.6 is 0 Å². The minimum absolute atomic E-state index is 0.306. The molecule has 0 bridgehead atoms. The number of nitrogens with zero attached hydrogens (tertiary/aromatic N) is 1. The molecule has 0 radical (unpaired) electrons. The van der Waals surface area contributed by atoms with E-state index in [0.29, 0.717) is 4.90 Å². The Morgan fingerprint density at radius 3 is 2.56 bits per heavy atom. The predicted molar refractivity (Wildman–Crippen MR) is 71.1 cm³/mol. The van der Waals surface area contributed by atoms with Crippen molar-refractivity contribution in [1.82, 2.24) is 9.29 Å². The Hall–Kier alpha value is -1.59. The Kier molecular flexibility index (Phi) is 3.84. The molecule has 96 valence electrons. The van der Waals surface area contributed by atoms with E-state index in [4.69, 9.17) is 0 Å². The normalized spacial score (nSPS) is 11.6. The van der Waals surface area contributed by atoms with E-state index in [1.165, 1.54) is 3.97 Å². The maximum Gasteiger partial charge on any atom is 0.267 e. The minimum atomic E-state index is -3.45. The highest BCUT2D eigenvalue weighted by atomic mass is 32.2. The Labute approximate surface area is 107 Å². The van der Waals surface area contributed by atoms with Crippen LogP contribution in [0, 0.1) is 0 Å². The van der Waals surface area contributed by atoms with Gasteiger partial charge in [-0.05, 0) is 43.8 Å². The Bertz CT molecular complexity index is 603. The summed E-state index contributed by atoms with van der Waals surface area (Å²) >= 11 is 0. The van der Waals surface area contributed by atoms with Gasteiger partial charge in [-0.25, -0.2) is 12.4 Å². The fraction of sp³-hybridized carbons (Fsp3) is 0.231. The SMILES string of the molecule is CNCCc1ccn(S(=O)(=O)c2ccccc2)c1. The zero-order chi connectivity index (χ0) is 13.0. The van der Waals surface area contributed by atoms with Gasteiger partial charge in [-0.3, -0.25) is 0 Å². The van der Waals surface area contributed by atoms with Crippen LogP contribution in [0.1, 0.15) is 5.56 Å². The maximum absolute atomic E-state index is 12.3. The first-order valence-electron chi connectivity index (χ1n) is 5.76. The molecule has 0 unspecified atom stereocenters. The van der Waals surface area contributed by atoms with E-state index in [0.717, 1.165) is 18.5 Å². The molecule has 1 heterocycles. The Morgan fingerprint density at radius 2 is 1.89 bits per heavy atom. The average molecular weight is 264 g/mol. The number of hydrogen-bond donors (Lipinski definition) is 1. The van der Waals surface area contributed by atoms with Crippen molar-refractivity contribution < 1.29 is 8.42 Å². The van der Waals surface area contributed by atoms with E-state index in [9.17, 15) is 8.42 Å². The van der Waals surface area contributed by atoms with Gasteiger partial charge in [-0.2, -0.15) is 0 Å². The lowest BCUT2D eigenvalue weighted by atomic mass is 10.2. The minimum Gasteiger partial charge on any atom is -0.319 e. The molecule has 0 aliphatic rings. The number of likely N-dealkylation sites (N-methyl/N-ethyl adjacent to an activating group) is 1. The van der Waals surface area contributed by atoms with Gasteiger partial charge in [0.1, 0.15) is 0 Å². The molecule has 1 aromatic carbocycles. The zero-order valence-corrected chi connectivity index (χ0v) is 11.0. The van der Waals surface area contributed by atoms with Crippen LogP contribution in [0.25, 0.3) is 0 Å². The number of nitrogens with one attached hydrogen (secondary N) is 1. The van der Waals surface area contributed by atoms with Crippen molar-refractivity contribution in [3.8, 4) is 0 Å². The van der Waals surface area contributed by atoms with Crippen LogP contribution < -0.4 is 5.32 Å². The summed E-state index contributed by atoms with van der Waals surface area (Å²) in [5, 5.41) is 3.04. The van der Waals surface area contributed by atoms with Gasteiger partial charge in [-0.15, -0.1) is 0 Å². The van der Waals surface area contributed by atoms with E-state index in [-0.39, 0.29) is 0 Å². The smallest absolute Gasteiger partial charge is 0.267 e. The van der Waals surface area contributed by atoms with Gasteiger partial charge in [0.25, 0.3) is 10.0 Å². The highest BCUT2D eigenvalue weighted by molar-refractivity contribution is 7.90. The first-order chi connectivity index (χ1) is 8.64. The van der Waals surface area contributed by atoms with Crippen LogP contribution in [0.5, 0.6) is 0 Å². The second-order valence-electron chi connectivity index (χ2n) is 4.02. The molecule has 2 rings (SSSR count). The molecule has 0 aliphatic heterocycles. The van der Waals surface area contributed by atoms with E-state index >= 15 is 0 Å². The van der Waals surface area contributed by atoms with Crippen LogP contribution in [-0.2, 0) is 16.4 Å². The van der Waals surface area contributed by atoms with Crippen molar-refractivity contribution in [2.24, 2.45) is 0 Å². The van der Waals surface area contributed by atoms with Crippen LogP contribution in [0.15, 0.2) is 53.7 Å². The largest absolute Gasteiger partial charge is 0.319 e. The molecule has 2 aromatic rings. The number of benzene rings is 1. The van der Waals surface area contributed by atoms with Gasteiger partial charge >= 0.3 is 0 Å². The molecular weight excluding hydrogens is 248 g/mol. The summed E-state index contributed by atoms with van der Waals surface area (Å²) in [6.45, 7) is 0.829. The van der Waals surface area contributed by atoms with Crippen molar-refractivity contribution in [2.75, 3.05) is 13.6 Å². The van der Waals surface area contributed by atoms with Crippen molar-refractivity contribution in [3.63, 3.8) is 0 Å². The van der Waals surface area contributed by atoms with Crippen LogP contribution in [0.3, 0.4) is 0 Å². The van der Waals surface area contributed by atoms with Gasteiger partial charge in [0.15, 0.2) is 0 Å². The summed E-state index contributed by atoms with van der Waals surface area (Å²) in [6.07, 6.45) is 4.07. The first-order valence-corrected chi connectivity index (χ1v) is 7.20. The molecular formula is C13H16N2O2S. The quantitative estimate of drug-likeness (QED) is 0.890. The summed E-state index contributed by atoms with van der Waals surface area (Å²) in [5.41, 5.74) is 1.00. The zero-order valence-electron chi connectivity index (χ0n) is 10.2. The third kappa shape index (κ3) is 2.63. The topological polar surface area (TPSA) is 51.1 Å². The number of rotatable bonds is 5.